The number of benzene rings is 1. The monoisotopic (exact) mass is 294 g/mol. The van der Waals surface area contributed by atoms with Crippen molar-refractivity contribution in [1.82, 2.24) is 0 Å². The summed E-state index contributed by atoms with van der Waals surface area (Å²) in [6, 6.07) is 4.54. The van der Waals surface area contributed by atoms with Crippen LogP contribution in [0.4, 0.5) is 13.2 Å². The molecule has 19 heavy (non-hydrogen) atoms. The molecule has 0 bridgehead atoms. The van der Waals surface area contributed by atoms with Crippen molar-refractivity contribution >= 4 is 15.9 Å². The SMILES string of the molecule is Cc1ccc2c(c1)C=C(S(=O)(=O)C(F)(F)F)C(O)O2. The maximum absolute atomic E-state index is 12.5. The molecule has 0 spiro atoms. The van der Waals surface area contributed by atoms with Gasteiger partial charge in [-0.15, -0.1) is 0 Å². The van der Waals surface area contributed by atoms with Crippen LogP contribution in [0.2, 0.25) is 0 Å². The number of hydrogen-bond donors (Lipinski definition) is 1. The molecule has 1 aromatic carbocycles. The maximum atomic E-state index is 12.5. The van der Waals surface area contributed by atoms with Gasteiger partial charge in [-0.05, 0) is 25.1 Å². The van der Waals surface area contributed by atoms with Crippen LogP contribution in [0, 0.1) is 6.92 Å². The molecule has 0 radical (unpaired) electrons. The van der Waals surface area contributed by atoms with Crippen LogP contribution in [0.15, 0.2) is 23.1 Å². The minimum absolute atomic E-state index is 0.124. The van der Waals surface area contributed by atoms with Crippen LogP contribution < -0.4 is 4.74 Å². The second-order valence-electron chi connectivity index (χ2n) is 4.01. The molecule has 1 atom stereocenters. The van der Waals surface area contributed by atoms with Gasteiger partial charge in [-0.25, -0.2) is 8.42 Å². The highest BCUT2D eigenvalue weighted by atomic mass is 32.2. The quantitative estimate of drug-likeness (QED) is 0.860. The van der Waals surface area contributed by atoms with Crippen molar-refractivity contribution in [3.8, 4) is 5.75 Å². The molecular weight excluding hydrogens is 285 g/mol. The van der Waals surface area contributed by atoms with Gasteiger partial charge in [0.1, 0.15) is 10.7 Å². The number of halogens is 3. The summed E-state index contributed by atoms with van der Waals surface area (Å²) in [5.74, 6) is 0.124. The van der Waals surface area contributed by atoms with Crippen molar-refractivity contribution in [3.63, 3.8) is 0 Å². The number of aryl methyl sites for hydroxylation is 1. The molecule has 8 heteroatoms. The molecule has 2 rings (SSSR count). The maximum Gasteiger partial charge on any atom is 0.501 e. The average Bonchev–Trinajstić information content (AvgIpc) is 2.27. The summed E-state index contributed by atoms with van der Waals surface area (Å²) in [6.07, 6.45) is -1.39. The summed E-state index contributed by atoms with van der Waals surface area (Å²) < 4.78 is 64.7. The molecule has 1 aliphatic heterocycles. The fourth-order valence-electron chi connectivity index (χ4n) is 1.63. The van der Waals surface area contributed by atoms with E-state index in [9.17, 15) is 26.7 Å². The zero-order chi connectivity index (χ0) is 14.4. The van der Waals surface area contributed by atoms with Crippen molar-refractivity contribution < 1.29 is 31.4 Å². The summed E-state index contributed by atoms with van der Waals surface area (Å²) in [7, 11) is -5.62. The Morgan fingerprint density at radius 1 is 1.32 bits per heavy atom. The van der Waals surface area contributed by atoms with Gasteiger partial charge in [0.05, 0.1) is 0 Å². The highest BCUT2D eigenvalue weighted by Crippen LogP contribution is 2.37. The molecule has 0 saturated carbocycles. The molecule has 104 valence electrons. The van der Waals surface area contributed by atoms with Gasteiger partial charge in [0.15, 0.2) is 0 Å². The van der Waals surface area contributed by atoms with Gasteiger partial charge in [-0.3, -0.25) is 0 Å². The molecule has 0 aliphatic carbocycles. The highest BCUT2D eigenvalue weighted by molar-refractivity contribution is 7.96. The second kappa shape index (κ2) is 4.24. The third-order valence-corrected chi connectivity index (χ3v) is 4.11. The third kappa shape index (κ3) is 2.33. The van der Waals surface area contributed by atoms with Crippen LogP contribution in [0.5, 0.6) is 5.75 Å². The van der Waals surface area contributed by atoms with E-state index >= 15 is 0 Å². The lowest BCUT2D eigenvalue weighted by Crippen LogP contribution is -2.34. The van der Waals surface area contributed by atoms with E-state index in [1.807, 2.05) is 0 Å². The van der Waals surface area contributed by atoms with Gasteiger partial charge < -0.3 is 9.84 Å². The largest absolute Gasteiger partial charge is 0.501 e. The summed E-state index contributed by atoms with van der Waals surface area (Å²) in [5.41, 5.74) is -4.59. The van der Waals surface area contributed by atoms with E-state index in [0.717, 1.165) is 11.6 Å². The zero-order valence-corrected chi connectivity index (χ0v) is 10.4. The van der Waals surface area contributed by atoms with E-state index in [1.54, 1.807) is 13.0 Å². The summed E-state index contributed by atoms with van der Waals surface area (Å²) >= 11 is 0. The first kappa shape index (κ1) is 13.9. The Balaban J connectivity index is 2.59. The first-order valence-electron chi connectivity index (χ1n) is 5.11. The lowest BCUT2D eigenvalue weighted by atomic mass is 10.1. The zero-order valence-electron chi connectivity index (χ0n) is 9.60. The highest BCUT2D eigenvalue weighted by Gasteiger charge is 2.51. The molecule has 1 aliphatic rings. The average molecular weight is 294 g/mol. The van der Waals surface area contributed by atoms with Gasteiger partial charge in [0.2, 0.25) is 6.29 Å². The van der Waals surface area contributed by atoms with Crippen LogP contribution in [0.25, 0.3) is 6.08 Å². The Morgan fingerprint density at radius 3 is 2.53 bits per heavy atom. The Bertz CT molecular complexity index is 646. The minimum atomic E-state index is -5.62. The lowest BCUT2D eigenvalue weighted by Gasteiger charge is -2.23. The molecule has 1 heterocycles. The molecule has 0 fully saturated rings. The predicted molar refractivity (Wildman–Crippen MR) is 60.8 cm³/mol. The molecule has 1 unspecified atom stereocenters. The van der Waals surface area contributed by atoms with Gasteiger partial charge in [0.25, 0.3) is 9.84 Å². The third-order valence-electron chi connectivity index (χ3n) is 2.56. The number of hydrogen-bond acceptors (Lipinski definition) is 4. The van der Waals surface area contributed by atoms with Gasteiger partial charge in [-0.2, -0.15) is 13.2 Å². The topological polar surface area (TPSA) is 63.6 Å². The molecule has 1 aromatic rings. The molecule has 0 amide bonds. The van der Waals surface area contributed by atoms with E-state index in [0.29, 0.717) is 0 Å². The van der Waals surface area contributed by atoms with E-state index in [2.05, 4.69) is 0 Å². The van der Waals surface area contributed by atoms with Crippen LogP contribution in [0.1, 0.15) is 11.1 Å². The normalized spacial score (nSPS) is 19.4. The van der Waals surface area contributed by atoms with E-state index in [1.165, 1.54) is 12.1 Å². The molecule has 0 aromatic heterocycles. The van der Waals surface area contributed by atoms with Crippen molar-refractivity contribution in [3.05, 3.63) is 34.2 Å². The van der Waals surface area contributed by atoms with Crippen molar-refractivity contribution in [1.29, 1.82) is 0 Å². The molecule has 1 N–H and O–H groups in total. The Hall–Kier alpha value is -1.54. The fraction of sp³-hybridized carbons (Fsp3) is 0.273. The number of aliphatic hydroxyl groups is 1. The number of ether oxygens (including phenoxy) is 1. The van der Waals surface area contributed by atoms with Crippen LogP contribution in [-0.4, -0.2) is 25.3 Å². The number of sulfone groups is 1. The van der Waals surface area contributed by atoms with Crippen LogP contribution >= 0.6 is 0 Å². The Labute approximate surface area is 107 Å². The smallest absolute Gasteiger partial charge is 0.459 e. The number of rotatable bonds is 1. The van der Waals surface area contributed by atoms with Crippen molar-refractivity contribution in [2.24, 2.45) is 0 Å². The fourth-order valence-corrected chi connectivity index (χ4v) is 2.50. The Morgan fingerprint density at radius 2 is 1.95 bits per heavy atom. The molecule has 0 saturated heterocycles. The van der Waals surface area contributed by atoms with Crippen molar-refractivity contribution in [2.75, 3.05) is 0 Å². The standard InChI is InChI=1S/C11H9F3O4S/c1-6-2-3-8-7(4-6)5-9(10(15)18-8)19(16,17)11(12,13)14/h2-5,10,15H,1H3. The van der Waals surface area contributed by atoms with Gasteiger partial charge in [-0.1, -0.05) is 11.6 Å². The number of fused-ring (bicyclic) bond motifs is 1. The summed E-state index contributed by atoms with van der Waals surface area (Å²) in [5, 5.41) is 9.41. The van der Waals surface area contributed by atoms with E-state index < -0.39 is 26.5 Å². The van der Waals surface area contributed by atoms with Crippen LogP contribution in [-0.2, 0) is 9.84 Å². The van der Waals surface area contributed by atoms with Crippen LogP contribution in [0.3, 0.4) is 0 Å². The van der Waals surface area contributed by atoms with E-state index in [-0.39, 0.29) is 11.3 Å². The molecular formula is C11H9F3O4S. The van der Waals surface area contributed by atoms with Gasteiger partial charge in [0, 0.05) is 5.56 Å². The minimum Gasteiger partial charge on any atom is -0.459 e. The first-order valence-corrected chi connectivity index (χ1v) is 6.59. The second-order valence-corrected chi connectivity index (χ2v) is 5.95. The lowest BCUT2D eigenvalue weighted by molar-refractivity contribution is -0.0455. The Kier molecular flexibility index (Phi) is 3.10. The predicted octanol–water partition coefficient (Wildman–Crippen LogP) is 1.98. The summed E-state index contributed by atoms with van der Waals surface area (Å²) in [6.45, 7) is 1.69. The van der Waals surface area contributed by atoms with Gasteiger partial charge >= 0.3 is 5.51 Å². The van der Waals surface area contributed by atoms with Crippen molar-refractivity contribution in [2.45, 2.75) is 18.7 Å². The number of alkyl halides is 3. The number of aliphatic hydroxyl groups excluding tert-OH is 1. The summed E-state index contributed by atoms with van der Waals surface area (Å²) in [4.78, 5) is -1.21. The van der Waals surface area contributed by atoms with E-state index in [4.69, 9.17) is 4.74 Å². The molecule has 4 nitrogen and oxygen atoms in total. The first-order chi connectivity index (χ1) is 8.63.